The molecule has 1 atom stereocenters. The van der Waals surface area contributed by atoms with Crippen molar-refractivity contribution in [3.05, 3.63) is 72.4 Å². The lowest BCUT2D eigenvalue weighted by Gasteiger charge is -2.30. The maximum atomic E-state index is 14.2. The Kier molecular flexibility index (Phi) is 6.48. The number of carbonyl (C=O) groups is 1. The van der Waals surface area contributed by atoms with Crippen LogP contribution in [0.25, 0.3) is 33.2 Å². The molecule has 10 heteroatoms. The van der Waals surface area contributed by atoms with Crippen LogP contribution in [0, 0.1) is 5.82 Å². The SMILES string of the molecule is CC(NC1CCC(n2nc(-c3ccc4c(ccn4Cc4ccccc4F)c3)c3c(N)ncnc32)CC1)C(=O)O. The number of benzene rings is 2. The number of nitrogens with two attached hydrogens (primary N) is 1. The first kappa shape index (κ1) is 25.0. The van der Waals surface area contributed by atoms with Crippen molar-refractivity contribution in [2.24, 2.45) is 0 Å². The van der Waals surface area contributed by atoms with Crippen molar-refractivity contribution in [1.82, 2.24) is 29.6 Å². The van der Waals surface area contributed by atoms with Gasteiger partial charge >= 0.3 is 5.97 Å². The Morgan fingerprint density at radius 2 is 1.95 bits per heavy atom. The Bertz CT molecular complexity index is 1670. The first-order valence-electron chi connectivity index (χ1n) is 13.2. The first-order chi connectivity index (χ1) is 18.9. The van der Waals surface area contributed by atoms with E-state index in [2.05, 4.69) is 21.4 Å². The number of carboxylic acid groups (broad SMARTS) is 1. The Morgan fingerprint density at radius 3 is 2.72 bits per heavy atom. The van der Waals surface area contributed by atoms with E-state index in [1.807, 2.05) is 39.7 Å². The lowest BCUT2D eigenvalue weighted by atomic mass is 9.91. The molecule has 3 aromatic heterocycles. The standard InChI is InChI=1S/C29H30FN7O2/c1-17(29(38)39)34-21-7-9-22(10-8-21)37-28-25(27(31)32-16-33-28)26(35-37)19-6-11-24-18(14-19)12-13-36(24)15-20-4-2-3-5-23(20)30/h2-6,11-14,16-17,21-22,34H,7-10,15H2,1H3,(H,38,39)(H2,31,32,33). The van der Waals surface area contributed by atoms with Gasteiger partial charge in [0.1, 0.15) is 29.7 Å². The molecule has 0 saturated heterocycles. The number of anilines is 1. The maximum Gasteiger partial charge on any atom is 0.320 e. The number of fused-ring (bicyclic) bond motifs is 2. The summed E-state index contributed by atoms with van der Waals surface area (Å²) in [6.45, 7) is 2.11. The number of rotatable bonds is 7. The van der Waals surface area contributed by atoms with E-state index in [4.69, 9.17) is 10.8 Å². The minimum absolute atomic E-state index is 0.124. The molecular formula is C29H30FN7O2. The lowest BCUT2D eigenvalue weighted by Crippen LogP contribution is -2.43. The summed E-state index contributed by atoms with van der Waals surface area (Å²) in [5.74, 6) is -0.680. The number of aliphatic carboxylic acids is 1. The number of nitrogens with one attached hydrogen (secondary N) is 1. The molecular weight excluding hydrogens is 497 g/mol. The molecule has 0 radical (unpaired) electrons. The number of nitrogens with zero attached hydrogens (tertiary/aromatic N) is 5. The monoisotopic (exact) mass is 527 g/mol. The van der Waals surface area contributed by atoms with Crippen LogP contribution in [0.3, 0.4) is 0 Å². The summed E-state index contributed by atoms with van der Waals surface area (Å²) < 4.78 is 18.2. The fourth-order valence-corrected chi connectivity index (χ4v) is 5.66. The van der Waals surface area contributed by atoms with Crippen molar-refractivity contribution in [3.8, 4) is 11.3 Å². The molecule has 1 fully saturated rings. The number of hydrogen-bond donors (Lipinski definition) is 3. The van der Waals surface area contributed by atoms with Crippen molar-refractivity contribution < 1.29 is 14.3 Å². The molecule has 1 aliphatic rings. The molecule has 9 nitrogen and oxygen atoms in total. The van der Waals surface area contributed by atoms with Crippen LogP contribution in [0.5, 0.6) is 0 Å². The third-order valence-corrected chi connectivity index (χ3v) is 7.76. The van der Waals surface area contributed by atoms with Gasteiger partial charge in [-0.1, -0.05) is 24.3 Å². The molecule has 6 rings (SSSR count). The Labute approximate surface area is 224 Å². The summed E-state index contributed by atoms with van der Waals surface area (Å²) in [5.41, 5.74) is 10.3. The van der Waals surface area contributed by atoms with Crippen LogP contribution in [0.1, 0.15) is 44.2 Å². The third kappa shape index (κ3) is 4.72. The van der Waals surface area contributed by atoms with Crippen molar-refractivity contribution in [3.63, 3.8) is 0 Å². The molecule has 1 unspecified atom stereocenters. The van der Waals surface area contributed by atoms with Crippen molar-refractivity contribution in [2.45, 2.75) is 57.3 Å². The van der Waals surface area contributed by atoms with Gasteiger partial charge in [-0.25, -0.2) is 19.0 Å². The molecule has 0 spiro atoms. The highest BCUT2D eigenvalue weighted by Crippen LogP contribution is 2.37. The van der Waals surface area contributed by atoms with E-state index in [1.54, 1.807) is 19.1 Å². The fraction of sp³-hybridized carbons (Fsp3) is 0.310. The van der Waals surface area contributed by atoms with E-state index in [-0.39, 0.29) is 17.9 Å². The molecule has 0 aliphatic heterocycles. The minimum Gasteiger partial charge on any atom is -0.480 e. The summed E-state index contributed by atoms with van der Waals surface area (Å²) >= 11 is 0. The van der Waals surface area contributed by atoms with Crippen LogP contribution in [-0.4, -0.2) is 47.5 Å². The molecule has 4 N–H and O–H groups in total. The first-order valence-corrected chi connectivity index (χ1v) is 13.2. The predicted octanol–water partition coefficient (Wildman–Crippen LogP) is 4.76. The number of nitrogen functional groups attached to an aromatic ring is 1. The van der Waals surface area contributed by atoms with E-state index >= 15 is 0 Å². The second-order valence-electron chi connectivity index (χ2n) is 10.3. The fourth-order valence-electron chi connectivity index (χ4n) is 5.66. The van der Waals surface area contributed by atoms with Gasteiger partial charge in [-0.15, -0.1) is 0 Å². The Balaban J connectivity index is 1.31. The lowest BCUT2D eigenvalue weighted by molar-refractivity contribution is -0.139. The highest BCUT2D eigenvalue weighted by atomic mass is 19.1. The van der Waals surface area contributed by atoms with Crippen molar-refractivity contribution in [2.75, 3.05) is 5.73 Å². The number of carboxylic acids is 1. The van der Waals surface area contributed by atoms with Gasteiger partial charge in [0.25, 0.3) is 0 Å². The number of aromatic nitrogens is 5. The maximum absolute atomic E-state index is 14.2. The summed E-state index contributed by atoms with van der Waals surface area (Å²) in [4.78, 5) is 20.0. The van der Waals surface area contributed by atoms with Crippen molar-refractivity contribution in [1.29, 1.82) is 0 Å². The van der Waals surface area contributed by atoms with Crippen LogP contribution in [-0.2, 0) is 11.3 Å². The molecule has 200 valence electrons. The molecule has 39 heavy (non-hydrogen) atoms. The molecule has 2 aromatic carbocycles. The quantitative estimate of drug-likeness (QED) is 0.279. The molecule has 5 aromatic rings. The van der Waals surface area contributed by atoms with E-state index in [0.29, 0.717) is 23.6 Å². The summed E-state index contributed by atoms with van der Waals surface area (Å²) in [7, 11) is 0. The van der Waals surface area contributed by atoms with Crippen LogP contribution < -0.4 is 11.1 Å². The van der Waals surface area contributed by atoms with E-state index < -0.39 is 12.0 Å². The molecule has 0 amide bonds. The van der Waals surface area contributed by atoms with E-state index in [0.717, 1.165) is 53.2 Å². The van der Waals surface area contributed by atoms with Crippen LogP contribution in [0.15, 0.2) is 61.1 Å². The minimum atomic E-state index is -0.841. The predicted molar refractivity (Wildman–Crippen MR) is 148 cm³/mol. The normalized spacial score (nSPS) is 18.5. The van der Waals surface area contributed by atoms with Crippen LogP contribution in [0.4, 0.5) is 10.2 Å². The number of halogens is 1. The zero-order valence-electron chi connectivity index (χ0n) is 21.6. The zero-order valence-corrected chi connectivity index (χ0v) is 21.6. The second-order valence-corrected chi connectivity index (χ2v) is 10.3. The summed E-state index contributed by atoms with van der Waals surface area (Å²) in [6.07, 6.45) is 6.83. The zero-order chi connectivity index (χ0) is 27.1. The highest BCUT2D eigenvalue weighted by Gasteiger charge is 2.28. The molecule has 3 heterocycles. The van der Waals surface area contributed by atoms with E-state index in [1.165, 1.54) is 12.4 Å². The summed E-state index contributed by atoms with van der Waals surface area (Å²) in [5, 5.41) is 19.2. The Hall–Kier alpha value is -4.31. The van der Waals surface area contributed by atoms with Crippen molar-refractivity contribution >= 4 is 33.7 Å². The van der Waals surface area contributed by atoms with Gasteiger partial charge in [0.05, 0.1) is 18.0 Å². The van der Waals surface area contributed by atoms with Crippen LogP contribution >= 0.6 is 0 Å². The van der Waals surface area contributed by atoms with Gasteiger partial charge in [-0.3, -0.25) is 4.79 Å². The van der Waals surface area contributed by atoms with Gasteiger partial charge < -0.3 is 20.7 Å². The molecule has 1 saturated carbocycles. The topological polar surface area (TPSA) is 124 Å². The largest absolute Gasteiger partial charge is 0.480 e. The number of hydrogen-bond acceptors (Lipinski definition) is 6. The average Bonchev–Trinajstić information content (AvgIpc) is 3.52. The smallest absolute Gasteiger partial charge is 0.320 e. The third-order valence-electron chi connectivity index (χ3n) is 7.76. The van der Waals surface area contributed by atoms with Gasteiger partial charge in [0.15, 0.2) is 5.65 Å². The van der Waals surface area contributed by atoms with Crippen LogP contribution in [0.2, 0.25) is 0 Å². The van der Waals surface area contributed by atoms with Gasteiger partial charge in [0.2, 0.25) is 0 Å². The summed E-state index contributed by atoms with van der Waals surface area (Å²) in [6, 6.07) is 14.6. The average molecular weight is 528 g/mol. The van der Waals surface area contributed by atoms with Gasteiger partial charge in [0, 0.05) is 34.3 Å². The van der Waals surface area contributed by atoms with Gasteiger partial charge in [-0.2, -0.15) is 5.10 Å². The van der Waals surface area contributed by atoms with E-state index in [9.17, 15) is 14.3 Å². The Morgan fingerprint density at radius 1 is 1.15 bits per heavy atom. The molecule has 0 bridgehead atoms. The molecule has 1 aliphatic carbocycles. The second kappa shape index (κ2) is 10.1. The highest BCUT2D eigenvalue weighted by molar-refractivity contribution is 6.00. The van der Waals surface area contributed by atoms with Gasteiger partial charge in [-0.05, 0) is 56.9 Å².